The van der Waals surface area contributed by atoms with Gasteiger partial charge in [-0.15, -0.1) is 0 Å². The Morgan fingerprint density at radius 2 is 2.19 bits per heavy atom. The summed E-state index contributed by atoms with van der Waals surface area (Å²) in [6, 6.07) is 3.81. The van der Waals surface area contributed by atoms with E-state index in [9.17, 15) is 4.79 Å². The third kappa shape index (κ3) is 1.19. The Hall–Kier alpha value is -1.42. The summed E-state index contributed by atoms with van der Waals surface area (Å²) >= 11 is 0. The van der Waals surface area contributed by atoms with Crippen LogP contribution in [0.3, 0.4) is 0 Å². The number of nitrogens with one attached hydrogen (secondary N) is 1. The van der Waals surface area contributed by atoms with E-state index in [1.807, 2.05) is 12.1 Å². The molecule has 1 aromatic heterocycles. The van der Waals surface area contributed by atoms with Crippen LogP contribution in [0, 0.1) is 0 Å². The van der Waals surface area contributed by atoms with Gasteiger partial charge in [-0.1, -0.05) is 0 Å². The molecule has 0 aliphatic carbocycles. The number of likely N-dealkylation sites (tertiary alicyclic amines) is 1. The highest BCUT2D eigenvalue weighted by molar-refractivity contribution is 6.05. The van der Waals surface area contributed by atoms with Gasteiger partial charge in [0.05, 0.1) is 16.8 Å². The molecule has 4 nitrogen and oxygen atoms in total. The maximum absolute atomic E-state index is 12.1. The molecule has 1 amide bonds. The van der Waals surface area contributed by atoms with E-state index in [0.29, 0.717) is 0 Å². The molecule has 0 aromatic carbocycles. The van der Waals surface area contributed by atoms with Gasteiger partial charge >= 0.3 is 0 Å². The Morgan fingerprint density at radius 3 is 2.94 bits per heavy atom. The number of hydrogen-bond acceptors (Lipinski definition) is 3. The van der Waals surface area contributed by atoms with Gasteiger partial charge in [0.1, 0.15) is 0 Å². The van der Waals surface area contributed by atoms with Crippen molar-refractivity contribution in [3.63, 3.8) is 0 Å². The molecule has 1 spiro atoms. The van der Waals surface area contributed by atoms with Crippen LogP contribution >= 0.6 is 0 Å². The van der Waals surface area contributed by atoms with Gasteiger partial charge in [0.2, 0.25) is 5.91 Å². The molecule has 0 unspecified atom stereocenters. The molecule has 0 atom stereocenters. The first-order chi connectivity index (χ1) is 7.72. The Bertz CT molecular complexity index is 436. The van der Waals surface area contributed by atoms with E-state index in [1.54, 1.807) is 6.20 Å². The van der Waals surface area contributed by atoms with Crippen molar-refractivity contribution in [1.29, 1.82) is 0 Å². The fraction of sp³-hybridized carbons (Fsp3) is 0.500. The predicted octanol–water partition coefficient (Wildman–Crippen LogP) is 0.997. The van der Waals surface area contributed by atoms with Crippen LogP contribution in [0.4, 0.5) is 5.69 Å². The van der Waals surface area contributed by atoms with E-state index in [4.69, 9.17) is 0 Å². The van der Waals surface area contributed by atoms with Crippen molar-refractivity contribution in [1.82, 2.24) is 9.88 Å². The number of anilines is 1. The Balaban J connectivity index is 2.04. The molecule has 0 radical (unpaired) electrons. The number of piperidine rings is 1. The van der Waals surface area contributed by atoms with Crippen molar-refractivity contribution in [2.75, 3.05) is 25.5 Å². The lowest BCUT2D eigenvalue weighted by Gasteiger charge is -2.35. The highest BCUT2D eigenvalue weighted by atomic mass is 16.2. The summed E-state index contributed by atoms with van der Waals surface area (Å²) in [6.07, 6.45) is 3.53. The van der Waals surface area contributed by atoms with Gasteiger partial charge in [0.25, 0.3) is 0 Å². The number of carbonyl (C=O) groups excluding carboxylic acids is 1. The Kier molecular flexibility index (Phi) is 2.01. The zero-order valence-corrected chi connectivity index (χ0v) is 9.36. The summed E-state index contributed by atoms with van der Waals surface area (Å²) < 4.78 is 0. The smallest absolute Gasteiger partial charge is 0.236 e. The zero-order valence-electron chi connectivity index (χ0n) is 9.36. The predicted molar refractivity (Wildman–Crippen MR) is 61.3 cm³/mol. The van der Waals surface area contributed by atoms with E-state index < -0.39 is 0 Å². The summed E-state index contributed by atoms with van der Waals surface area (Å²) in [5.74, 6) is 0.134. The first kappa shape index (κ1) is 9.78. The molecule has 1 N–H and O–H groups in total. The minimum atomic E-state index is -0.358. The van der Waals surface area contributed by atoms with Crippen molar-refractivity contribution in [2.24, 2.45) is 0 Å². The van der Waals surface area contributed by atoms with Gasteiger partial charge in [-0.2, -0.15) is 0 Å². The number of aromatic nitrogens is 1. The minimum absolute atomic E-state index is 0.134. The molecule has 84 valence electrons. The molecule has 4 heteroatoms. The zero-order chi connectivity index (χ0) is 11.2. The van der Waals surface area contributed by atoms with Crippen LogP contribution in [0.15, 0.2) is 18.3 Å². The number of hydrogen-bond donors (Lipinski definition) is 1. The number of carbonyl (C=O) groups is 1. The van der Waals surface area contributed by atoms with Crippen LogP contribution < -0.4 is 5.32 Å². The van der Waals surface area contributed by atoms with Crippen LogP contribution in [0.25, 0.3) is 0 Å². The molecule has 0 saturated carbocycles. The Labute approximate surface area is 94.7 Å². The fourth-order valence-corrected chi connectivity index (χ4v) is 2.70. The lowest BCUT2D eigenvalue weighted by molar-refractivity contribution is -0.122. The van der Waals surface area contributed by atoms with E-state index in [-0.39, 0.29) is 11.3 Å². The van der Waals surface area contributed by atoms with Gasteiger partial charge in [0, 0.05) is 6.20 Å². The van der Waals surface area contributed by atoms with Gasteiger partial charge in [-0.3, -0.25) is 9.78 Å². The molecule has 1 aromatic rings. The van der Waals surface area contributed by atoms with Crippen LogP contribution in [0.2, 0.25) is 0 Å². The lowest BCUT2D eigenvalue weighted by atomic mass is 9.76. The molecule has 1 fully saturated rings. The number of nitrogens with zero attached hydrogens (tertiary/aromatic N) is 2. The highest BCUT2D eigenvalue weighted by Gasteiger charge is 2.49. The number of rotatable bonds is 0. The Morgan fingerprint density at radius 1 is 1.44 bits per heavy atom. The van der Waals surface area contributed by atoms with E-state index in [0.717, 1.165) is 37.3 Å². The van der Waals surface area contributed by atoms with Crippen molar-refractivity contribution in [3.8, 4) is 0 Å². The van der Waals surface area contributed by atoms with Gasteiger partial charge < -0.3 is 10.2 Å². The number of pyridine rings is 1. The third-order valence-corrected chi connectivity index (χ3v) is 3.78. The minimum Gasteiger partial charge on any atom is -0.324 e. The van der Waals surface area contributed by atoms with Gasteiger partial charge in [-0.05, 0) is 45.1 Å². The topological polar surface area (TPSA) is 45.2 Å². The summed E-state index contributed by atoms with van der Waals surface area (Å²) in [5.41, 5.74) is 1.49. The largest absolute Gasteiger partial charge is 0.324 e. The van der Waals surface area contributed by atoms with Gasteiger partial charge in [-0.25, -0.2) is 0 Å². The second-order valence-electron chi connectivity index (χ2n) is 4.74. The van der Waals surface area contributed by atoms with E-state index in [1.165, 1.54) is 0 Å². The third-order valence-electron chi connectivity index (χ3n) is 3.78. The quantitative estimate of drug-likeness (QED) is 0.705. The standard InChI is InChI=1S/C12H15N3O/c1-15-7-4-12(5-8-15)10-9(14-11(12)16)3-2-6-13-10/h2-3,6H,4-5,7-8H2,1H3,(H,14,16). The molecule has 0 bridgehead atoms. The van der Waals surface area contributed by atoms with Gasteiger partial charge in [0.15, 0.2) is 0 Å². The average Bonchev–Trinajstić information content (AvgIpc) is 2.57. The summed E-state index contributed by atoms with van der Waals surface area (Å²) in [4.78, 5) is 18.8. The van der Waals surface area contributed by atoms with Crippen molar-refractivity contribution in [2.45, 2.75) is 18.3 Å². The highest BCUT2D eigenvalue weighted by Crippen LogP contribution is 2.43. The summed E-state index contributed by atoms with van der Waals surface area (Å²) in [6.45, 7) is 1.92. The van der Waals surface area contributed by atoms with Crippen LogP contribution in [0.1, 0.15) is 18.5 Å². The first-order valence-corrected chi connectivity index (χ1v) is 5.68. The lowest BCUT2D eigenvalue weighted by Crippen LogP contribution is -2.45. The summed E-state index contributed by atoms with van der Waals surface area (Å²) in [5, 5.41) is 2.95. The second kappa shape index (κ2) is 3.28. The monoisotopic (exact) mass is 217 g/mol. The molecular weight excluding hydrogens is 202 g/mol. The van der Waals surface area contributed by atoms with Crippen LogP contribution in [-0.4, -0.2) is 35.9 Å². The van der Waals surface area contributed by atoms with Crippen molar-refractivity contribution in [3.05, 3.63) is 24.0 Å². The second-order valence-corrected chi connectivity index (χ2v) is 4.74. The molecule has 2 aliphatic rings. The number of fused-ring (bicyclic) bond motifs is 2. The van der Waals surface area contributed by atoms with Crippen molar-refractivity contribution >= 4 is 11.6 Å². The average molecular weight is 217 g/mol. The first-order valence-electron chi connectivity index (χ1n) is 5.68. The molecule has 16 heavy (non-hydrogen) atoms. The SMILES string of the molecule is CN1CCC2(CC1)C(=O)Nc1cccnc12. The van der Waals surface area contributed by atoms with Crippen LogP contribution in [0.5, 0.6) is 0 Å². The fourth-order valence-electron chi connectivity index (χ4n) is 2.70. The van der Waals surface area contributed by atoms with E-state index >= 15 is 0 Å². The van der Waals surface area contributed by atoms with E-state index in [2.05, 4.69) is 22.2 Å². The molecule has 1 saturated heterocycles. The molecule has 3 rings (SSSR count). The normalized spacial score (nSPS) is 23.2. The number of amides is 1. The molecule has 2 aliphatic heterocycles. The maximum atomic E-state index is 12.1. The maximum Gasteiger partial charge on any atom is 0.236 e. The van der Waals surface area contributed by atoms with Crippen molar-refractivity contribution < 1.29 is 4.79 Å². The summed E-state index contributed by atoms with van der Waals surface area (Å²) in [7, 11) is 2.10. The van der Waals surface area contributed by atoms with Crippen LogP contribution in [-0.2, 0) is 10.2 Å². The molecule has 3 heterocycles. The molecular formula is C12H15N3O.